The lowest BCUT2D eigenvalue weighted by atomic mass is 9.87. The zero-order valence-corrected chi connectivity index (χ0v) is 31.3. The summed E-state index contributed by atoms with van der Waals surface area (Å²) in [7, 11) is 0. The maximum absolute atomic E-state index is 13.2. The van der Waals surface area contributed by atoms with Crippen LogP contribution >= 0.6 is 11.6 Å². The van der Waals surface area contributed by atoms with Crippen LogP contribution < -0.4 is 0 Å². The predicted molar refractivity (Wildman–Crippen MR) is 193 cm³/mol. The van der Waals surface area contributed by atoms with E-state index in [1.807, 2.05) is 12.1 Å². The Kier molecular flexibility index (Phi) is 20.2. The fraction of sp³-hybridized carbons (Fsp3) is 0.700. The van der Waals surface area contributed by atoms with E-state index in [0.29, 0.717) is 50.0 Å². The Morgan fingerprint density at radius 1 is 0.694 bits per heavy atom. The maximum atomic E-state index is 13.2. The number of hydrogen-bond acceptors (Lipinski definition) is 6. The van der Waals surface area contributed by atoms with E-state index < -0.39 is 43.6 Å². The second kappa shape index (κ2) is 23.8. The highest BCUT2D eigenvalue weighted by molar-refractivity contribution is 6.31. The normalized spacial score (nSPS) is 21.1. The van der Waals surface area contributed by atoms with Crippen LogP contribution in [0.2, 0.25) is 5.02 Å². The predicted octanol–water partition coefficient (Wildman–Crippen LogP) is 10.1. The van der Waals surface area contributed by atoms with Gasteiger partial charge in [-0.2, -0.15) is 0 Å². The van der Waals surface area contributed by atoms with Crippen LogP contribution in [0, 0.1) is 0 Å². The molecule has 0 aromatic heterocycles. The fourth-order valence-corrected chi connectivity index (χ4v) is 6.24. The van der Waals surface area contributed by atoms with E-state index in [-0.39, 0.29) is 6.61 Å². The summed E-state index contributed by atoms with van der Waals surface area (Å²) >= 11 is 6.92. The summed E-state index contributed by atoms with van der Waals surface area (Å²) in [6.07, 6.45) is 4.21. The first-order valence-electron chi connectivity index (χ1n) is 18.7. The van der Waals surface area contributed by atoms with Gasteiger partial charge < -0.3 is 28.4 Å². The van der Waals surface area contributed by atoms with Crippen molar-refractivity contribution in [3.05, 3.63) is 69.2 Å². The van der Waals surface area contributed by atoms with E-state index in [0.717, 1.165) is 74.5 Å². The summed E-state index contributed by atoms with van der Waals surface area (Å²) in [5.74, 6) is 0. The highest BCUT2D eigenvalue weighted by atomic mass is 35.5. The van der Waals surface area contributed by atoms with Crippen molar-refractivity contribution in [2.75, 3.05) is 39.6 Å². The molecular weight excluding hydrogens is 650 g/mol. The zero-order valence-electron chi connectivity index (χ0n) is 30.5. The summed E-state index contributed by atoms with van der Waals surface area (Å²) in [5.41, 5.74) is 4.79. The Morgan fingerprint density at radius 2 is 1.27 bits per heavy atom. The minimum absolute atomic E-state index is 0.0398. The molecule has 49 heavy (non-hydrogen) atoms. The van der Waals surface area contributed by atoms with Gasteiger partial charge in [0.25, 0.3) is 6.43 Å². The molecule has 0 aliphatic carbocycles. The quantitative estimate of drug-likeness (QED) is 0.0957. The number of benzene rings is 2. The molecule has 0 radical (unpaired) electrons. The molecule has 0 spiro atoms. The number of hydrogen-bond donors (Lipinski definition) is 0. The van der Waals surface area contributed by atoms with Crippen LogP contribution in [-0.4, -0.2) is 70.5 Å². The Bertz CT molecular complexity index is 1170. The van der Waals surface area contributed by atoms with Gasteiger partial charge in [0.05, 0.1) is 13.2 Å². The van der Waals surface area contributed by atoms with Crippen molar-refractivity contribution in [2.45, 2.75) is 142 Å². The van der Waals surface area contributed by atoms with Gasteiger partial charge in [-0.15, -0.1) is 0 Å². The largest absolute Gasteiger partial charge is 0.379 e. The lowest BCUT2D eigenvalue weighted by molar-refractivity contribution is -0.268. The average Bonchev–Trinajstić information content (AvgIpc) is 3.09. The first kappa shape index (κ1) is 41.8. The Hall–Kier alpha value is -1.65. The zero-order chi connectivity index (χ0) is 35.4. The average molecular weight is 711 g/mol. The maximum Gasteiger partial charge on any atom is 0.261 e. The van der Waals surface area contributed by atoms with E-state index in [9.17, 15) is 8.78 Å². The number of unbranched alkanes of at least 4 members (excludes halogenated alkanes) is 4. The summed E-state index contributed by atoms with van der Waals surface area (Å²) in [6.45, 7) is 12.6. The molecule has 0 bridgehead atoms. The molecule has 0 amide bonds. The molecule has 3 rings (SSSR count). The van der Waals surface area contributed by atoms with Crippen molar-refractivity contribution in [2.24, 2.45) is 0 Å². The van der Waals surface area contributed by atoms with Gasteiger partial charge in [-0.25, -0.2) is 8.78 Å². The van der Waals surface area contributed by atoms with Crippen molar-refractivity contribution in [3.8, 4) is 0 Å². The third kappa shape index (κ3) is 13.8. The SMILES string of the molecule is CCCCOC[C@H]1O[C@@H](c2cc(Cc3ccc(CC)cc3)c(Cl)cc2COCC(F)F)[C@H](OCCCC)[C@@H](OCCCC)[C@@H]1OCCCC. The minimum Gasteiger partial charge on any atom is -0.379 e. The minimum atomic E-state index is -2.58. The van der Waals surface area contributed by atoms with Crippen LogP contribution in [-0.2, 0) is 47.9 Å². The van der Waals surface area contributed by atoms with Crippen molar-refractivity contribution in [1.82, 2.24) is 0 Å². The first-order valence-corrected chi connectivity index (χ1v) is 19.1. The molecule has 5 atom stereocenters. The van der Waals surface area contributed by atoms with Crippen molar-refractivity contribution >= 4 is 11.6 Å². The van der Waals surface area contributed by atoms with E-state index in [2.05, 4.69) is 58.9 Å². The molecule has 1 heterocycles. The summed E-state index contributed by atoms with van der Waals surface area (Å²) in [5, 5.41) is 0.550. The molecule has 2 aromatic rings. The van der Waals surface area contributed by atoms with Gasteiger partial charge in [0.2, 0.25) is 0 Å². The molecule has 278 valence electrons. The van der Waals surface area contributed by atoms with Crippen molar-refractivity contribution in [3.63, 3.8) is 0 Å². The summed E-state index contributed by atoms with van der Waals surface area (Å²) < 4.78 is 65.1. The van der Waals surface area contributed by atoms with E-state index in [4.69, 9.17) is 40.0 Å². The second-order valence-corrected chi connectivity index (χ2v) is 13.4. The van der Waals surface area contributed by atoms with Gasteiger partial charge in [-0.3, -0.25) is 0 Å². The molecule has 1 fully saturated rings. The molecule has 0 saturated carbocycles. The Labute approximate surface area is 299 Å². The van der Waals surface area contributed by atoms with Gasteiger partial charge >= 0.3 is 0 Å². The van der Waals surface area contributed by atoms with Gasteiger partial charge in [0.1, 0.15) is 37.1 Å². The third-order valence-electron chi connectivity index (χ3n) is 8.92. The monoisotopic (exact) mass is 710 g/mol. The van der Waals surface area contributed by atoms with Crippen LogP contribution in [0.4, 0.5) is 8.78 Å². The summed E-state index contributed by atoms with van der Waals surface area (Å²) in [6, 6.07) is 12.4. The number of aryl methyl sites for hydroxylation is 1. The number of rotatable bonds is 25. The van der Waals surface area contributed by atoms with Gasteiger partial charge in [-0.1, -0.05) is 102 Å². The van der Waals surface area contributed by atoms with E-state index in [1.54, 1.807) is 0 Å². The topological polar surface area (TPSA) is 55.4 Å². The van der Waals surface area contributed by atoms with Crippen molar-refractivity contribution < 1.29 is 37.2 Å². The second-order valence-electron chi connectivity index (χ2n) is 13.0. The lowest BCUT2D eigenvalue weighted by Gasteiger charge is -2.47. The smallest absolute Gasteiger partial charge is 0.261 e. The van der Waals surface area contributed by atoms with Crippen LogP contribution in [0.1, 0.15) is 120 Å². The van der Waals surface area contributed by atoms with E-state index in [1.165, 1.54) is 5.56 Å². The van der Waals surface area contributed by atoms with Crippen molar-refractivity contribution in [1.29, 1.82) is 0 Å². The molecule has 1 aliphatic heterocycles. The molecular formula is C40H61ClF2O6. The van der Waals surface area contributed by atoms with Crippen LogP contribution in [0.5, 0.6) is 0 Å². The molecule has 0 unspecified atom stereocenters. The fourth-order valence-electron chi connectivity index (χ4n) is 5.98. The Balaban J connectivity index is 2.13. The molecule has 0 N–H and O–H groups in total. The molecule has 6 nitrogen and oxygen atoms in total. The van der Waals surface area contributed by atoms with Gasteiger partial charge in [0.15, 0.2) is 0 Å². The van der Waals surface area contributed by atoms with Gasteiger partial charge in [-0.05, 0) is 72.4 Å². The highest BCUT2D eigenvalue weighted by Crippen LogP contribution is 2.41. The lowest BCUT2D eigenvalue weighted by Crippen LogP contribution is -2.58. The number of ether oxygens (including phenoxy) is 6. The number of alkyl halides is 2. The van der Waals surface area contributed by atoms with Crippen LogP contribution in [0.25, 0.3) is 0 Å². The standard InChI is InChI=1S/C40H61ClF2O6/c1-6-11-19-44-27-35-38(46-20-12-7-2)40(48-22-14-9-4)39(47-21-13-8-3)37(49-35)33-24-31(23-30-17-15-29(10-5)16-18-30)34(41)25-32(33)26-45-28-36(42)43/h15-18,24-25,35-40H,6-14,19-23,26-28H2,1-5H3/t35-,37+,38-,39+,40+/m1/s1. The molecule has 1 aliphatic rings. The van der Waals surface area contributed by atoms with Crippen LogP contribution in [0.3, 0.4) is 0 Å². The van der Waals surface area contributed by atoms with E-state index >= 15 is 0 Å². The summed E-state index contributed by atoms with van der Waals surface area (Å²) in [4.78, 5) is 0. The van der Waals surface area contributed by atoms with Gasteiger partial charge in [0, 0.05) is 31.5 Å². The third-order valence-corrected chi connectivity index (χ3v) is 9.28. The molecule has 9 heteroatoms. The molecule has 1 saturated heterocycles. The number of halogens is 3. The highest BCUT2D eigenvalue weighted by Gasteiger charge is 2.49. The first-order chi connectivity index (χ1) is 23.9. The molecule has 2 aromatic carbocycles. The Morgan fingerprint density at radius 3 is 1.86 bits per heavy atom. The van der Waals surface area contributed by atoms with Crippen LogP contribution in [0.15, 0.2) is 36.4 Å².